The average molecular weight is 444 g/mol. The number of anilines is 1. The molecule has 2 N–H and O–H groups in total. The minimum Gasteiger partial charge on any atom is -0.335 e. The molecule has 1 saturated heterocycles. The lowest BCUT2D eigenvalue weighted by molar-refractivity contribution is 0.0640. The van der Waals surface area contributed by atoms with Crippen LogP contribution in [-0.4, -0.2) is 65.9 Å². The Hall–Kier alpha value is -3.03. The molecule has 0 bridgehead atoms. The number of guanidine groups is 1. The molecule has 0 aromatic carbocycles. The zero-order chi connectivity index (χ0) is 21.9. The van der Waals surface area contributed by atoms with E-state index < -0.39 is 5.95 Å². The number of nitrogens with zero attached hydrogens (tertiary/aromatic N) is 5. The van der Waals surface area contributed by atoms with E-state index in [1.807, 2.05) is 28.6 Å². The normalized spacial score (nSPS) is 14.8. The van der Waals surface area contributed by atoms with Gasteiger partial charge in [-0.1, -0.05) is 12.5 Å². The standard InChI is InChI=1S/C21H26FN7OS/c22-19-15-17(6-8-24-19)27-21(26-16-23)25-7-2-1-3-9-28-10-12-29(13-11-28)20(30)18-5-4-14-31-18/h4-6,8,14-15H,1-3,7,9-13H2,(H2,24,25,26,27). The summed E-state index contributed by atoms with van der Waals surface area (Å²) in [5.41, 5.74) is 0.478. The van der Waals surface area contributed by atoms with Gasteiger partial charge in [0.25, 0.3) is 5.91 Å². The molecule has 1 fully saturated rings. The lowest BCUT2D eigenvalue weighted by Crippen LogP contribution is -2.48. The minimum absolute atomic E-state index is 0.136. The second-order valence-corrected chi connectivity index (χ2v) is 8.08. The third-order valence-corrected chi connectivity index (χ3v) is 5.82. The Morgan fingerprint density at radius 1 is 1.26 bits per heavy atom. The van der Waals surface area contributed by atoms with Crippen molar-refractivity contribution in [3.05, 3.63) is 46.7 Å². The highest BCUT2D eigenvalue weighted by molar-refractivity contribution is 7.12. The summed E-state index contributed by atoms with van der Waals surface area (Å²) in [6, 6.07) is 6.63. The molecule has 3 heterocycles. The average Bonchev–Trinajstić information content (AvgIpc) is 3.31. The van der Waals surface area contributed by atoms with E-state index in [1.54, 1.807) is 6.07 Å². The van der Waals surface area contributed by atoms with Crippen molar-refractivity contribution in [1.82, 2.24) is 20.1 Å². The van der Waals surface area contributed by atoms with Crippen LogP contribution in [0.1, 0.15) is 28.9 Å². The van der Waals surface area contributed by atoms with Crippen LogP contribution in [0.5, 0.6) is 0 Å². The number of nitriles is 1. The van der Waals surface area contributed by atoms with E-state index in [0.29, 0.717) is 18.2 Å². The van der Waals surface area contributed by atoms with Crippen molar-refractivity contribution < 1.29 is 9.18 Å². The molecule has 0 atom stereocenters. The van der Waals surface area contributed by atoms with Gasteiger partial charge in [0.15, 0.2) is 6.19 Å². The van der Waals surface area contributed by atoms with Crippen molar-refractivity contribution >= 4 is 28.9 Å². The summed E-state index contributed by atoms with van der Waals surface area (Å²) >= 11 is 1.49. The highest BCUT2D eigenvalue weighted by Crippen LogP contribution is 2.14. The predicted octanol–water partition coefficient (Wildman–Crippen LogP) is 2.75. The van der Waals surface area contributed by atoms with Crippen LogP contribution in [0.2, 0.25) is 0 Å². The first-order chi connectivity index (χ1) is 15.2. The maximum Gasteiger partial charge on any atom is 0.264 e. The Morgan fingerprint density at radius 2 is 2.10 bits per heavy atom. The summed E-state index contributed by atoms with van der Waals surface area (Å²) in [5.74, 6) is -0.171. The van der Waals surface area contributed by atoms with E-state index in [0.717, 1.165) is 56.9 Å². The molecular formula is C21H26FN7OS. The van der Waals surface area contributed by atoms with Gasteiger partial charge >= 0.3 is 0 Å². The Bertz CT molecular complexity index is 905. The van der Waals surface area contributed by atoms with Crippen molar-refractivity contribution in [3.8, 4) is 6.19 Å². The number of amides is 1. The number of carbonyl (C=O) groups excluding carboxylic acids is 1. The Balaban J connectivity index is 1.31. The topological polar surface area (TPSA) is 96.7 Å². The quantitative estimate of drug-likeness (QED) is 0.163. The number of nitrogens with one attached hydrogen (secondary N) is 2. The summed E-state index contributed by atoms with van der Waals surface area (Å²) in [7, 11) is 0. The maximum absolute atomic E-state index is 13.2. The minimum atomic E-state index is -0.599. The van der Waals surface area contributed by atoms with Gasteiger partial charge in [0.1, 0.15) is 0 Å². The van der Waals surface area contributed by atoms with Crippen molar-refractivity contribution in [2.24, 2.45) is 4.99 Å². The number of unbranched alkanes of at least 4 members (excludes halogenated alkanes) is 2. The number of pyridine rings is 1. The van der Waals surface area contributed by atoms with Gasteiger partial charge in [-0.3, -0.25) is 20.0 Å². The first-order valence-corrected chi connectivity index (χ1v) is 11.2. The fourth-order valence-electron chi connectivity index (χ4n) is 3.33. The van der Waals surface area contributed by atoms with Gasteiger partial charge in [-0.25, -0.2) is 4.98 Å². The number of aliphatic imine (C=N–C) groups is 1. The number of hydrogen-bond donors (Lipinski definition) is 2. The summed E-state index contributed by atoms with van der Waals surface area (Å²) < 4.78 is 13.2. The summed E-state index contributed by atoms with van der Waals surface area (Å²) in [6.45, 7) is 4.91. The molecule has 0 aliphatic carbocycles. The van der Waals surface area contributed by atoms with Crippen LogP contribution >= 0.6 is 11.3 Å². The number of aromatic nitrogens is 1. The Morgan fingerprint density at radius 3 is 2.81 bits per heavy atom. The van der Waals surface area contributed by atoms with Crippen molar-refractivity contribution in [3.63, 3.8) is 0 Å². The van der Waals surface area contributed by atoms with E-state index >= 15 is 0 Å². The van der Waals surface area contributed by atoms with Gasteiger partial charge in [-0.05, 0) is 36.9 Å². The molecule has 0 radical (unpaired) electrons. The van der Waals surface area contributed by atoms with E-state index in [2.05, 4.69) is 25.5 Å². The van der Waals surface area contributed by atoms with E-state index in [9.17, 15) is 9.18 Å². The SMILES string of the molecule is N#CNC(=NCCCCCN1CCN(C(=O)c2cccs2)CC1)Nc1ccnc(F)c1. The molecule has 0 saturated carbocycles. The van der Waals surface area contributed by atoms with Gasteiger partial charge in [-0.2, -0.15) is 9.65 Å². The number of rotatable bonds is 8. The second kappa shape index (κ2) is 12.0. The van der Waals surface area contributed by atoms with Gasteiger partial charge in [-0.15, -0.1) is 11.3 Å². The van der Waals surface area contributed by atoms with Crippen LogP contribution in [0.4, 0.5) is 10.1 Å². The fourth-order valence-corrected chi connectivity index (χ4v) is 4.02. The molecule has 164 valence electrons. The molecule has 3 rings (SSSR count). The molecular weight excluding hydrogens is 417 g/mol. The first-order valence-electron chi connectivity index (χ1n) is 10.3. The molecule has 1 aliphatic heterocycles. The molecule has 0 unspecified atom stereocenters. The van der Waals surface area contributed by atoms with Crippen LogP contribution in [0, 0.1) is 17.4 Å². The Labute approximate surface area is 185 Å². The van der Waals surface area contributed by atoms with Crippen molar-refractivity contribution in [2.75, 3.05) is 44.6 Å². The monoisotopic (exact) mass is 443 g/mol. The zero-order valence-electron chi connectivity index (χ0n) is 17.3. The number of piperazine rings is 1. The number of halogens is 1. The molecule has 1 amide bonds. The summed E-state index contributed by atoms with van der Waals surface area (Å²) in [6.07, 6.45) is 6.14. The number of hydrogen-bond acceptors (Lipinski definition) is 6. The highest BCUT2D eigenvalue weighted by Gasteiger charge is 2.22. The van der Waals surface area contributed by atoms with E-state index in [4.69, 9.17) is 5.26 Å². The summed E-state index contributed by atoms with van der Waals surface area (Å²) in [5, 5.41) is 16.2. The molecule has 1 aliphatic rings. The maximum atomic E-state index is 13.2. The van der Waals surface area contributed by atoms with Gasteiger partial charge < -0.3 is 10.2 Å². The van der Waals surface area contributed by atoms with Gasteiger partial charge in [0, 0.05) is 50.7 Å². The molecule has 2 aromatic rings. The number of carbonyl (C=O) groups is 1. The molecule has 8 nitrogen and oxygen atoms in total. The van der Waals surface area contributed by atoms with Gasteiger partial charge in [0.05, 0.1) is 4.88 Å². The predicted molar refractivity (Wildman–Crippen MR) is 119 cm³/mol. The van der Waals surface area contributed by atoms with Gasteiger partial charge in [0.2, 0.25) is 11.9 Å². The second-order valence-electron chi connectivity index (χ2n) is 7.13. The van der Waals surface area contributed by atoms with Crippen LogP contribution in [-0.2, 0) is 0 Å². The summed E-state index contributed by atoms with van der Waals surface area (Å²) in [4.78, 5) is 25.4. The fraction of sp³-hybridized carbons (Fsp3) is 0.429. The van der Waals surface area contributed by atoms with E-state index in [1.165, 1.54) is 23.6 Å². The van der Waals surface area contributed by atoms with Crippen LogP contribution in [0.15, 0.2) is 40.8 Å². The third kappa shape index (κ3) is 7.31. The van der Waals surface area contributed by atoms with E-state index in [-0.39, 0.29) is 5.91 Å². The molecule has 31 heavy (non-hydrogen) atoms. The molecule has 10 heteroatoms. The lowest BCUT2D eigenvalue weighted by atomic mass is 10.2. The smallest absolute Gasteiger partial charge is 0.264 e. The molecule has 0 spiro atoms. The highest BCUT2D eigenvalue weighted by atomic mass is 32.1. The van der Waals surface area contributed by atoms with Crippen molar-refractivity contribution in [1.29, 1.82) is 5.26 Å². The molecule has 2 aromatic heterocycles. The number of thiophene rings is 1. The Kier molecular flexibility index (Phi) is 8.75. The van der Waals surface area contributed by atoms with Crippen LogP contribution in [0.25, 0.3) is 0 Å². The van der Waals surface area contributed by atoms with Crippen LogP contribution < -0.4 is 10.6 Å². The van der Waals surface area contributed by atoms with Crippen molar-refractivity contribution in [2.45, 2.75) is 19.3 Å². The lowest BCUT2D eigenvalue weighted by Gasteiger charge is -2.34. The zero-order valence-corrected chi connectivity index (χ0v) is 18.1. The third-order valence-electron chi connectivity index (χ3n) is 4.96. The largest absolute Gasteiger partial charge is 0.335 e. The van der Waals surface area contributed by atoms with Crippen LogP contribution in [0.3, 0.4) is 0 Å². The first kappa shape index (κ1) is 22.7.